The van der Waals surface area contributed by atoms with Gasteiger partial charge in [0.15, 0.2) is 5.78 Å². The van der Waals surface area contributed by atoms with Gasteiger partial charge in [-0.15, -0.1) is 0 Å². The van der Waals surface area contributed by atoms with Crippen LogP contribution >= 0.6 is 0 Å². The van der Waals surface area contributed by atoms with Crippen LogP contribution in [0.5, 0.6) is 5.75 Å². The van der Waals surface area contributed by atoms with Crippen molar-refractivity contribution in [2.24, 2.45) is 0 Å². The topological polar surface area (TPSA) is 89.5 Å². The zero-order chi connectivity index (χ0) is 20.2. The van der Waals surface area contributed by atoms with Gasteiger partial charge in [-0.1, -0.05) is 6.07 Å². The number of benzene rings is 2. The van der Waals surface area contributed by atoms with Crippen molar-refractivity contribution in [2.75, 3.05) is 6.54 Å². The summed E-state index contributed by atoms with van der Waals surface area (Å²) in [5, 5.41) is 1.42. The van der Waals surface area contributed by atoms with Gasteiger partial charge in [0, 0.05) is 5.56 Å². The molecule has 0 aliphatic heterocycles. The van der Waals surface area contributed by atoms with Crippen molar-refractivity contribution in [1.29, 1.82) is 0 Å². The van der Waals surface area contributed by atoms with E-state index in [1.165, 1.54) is 38.1 Å². The summed E-state index contributed by atoms with van der Waals surface area (Å²) in [4.78, 5) is 24.0. The Kier molecular flexibility index (Phi) is 6.27. The third-order valence-corrected chi connectivity index (χ3v) is 5.14. The fraction of sp³-hybridized carbons (Fsp3) is 0.222. The molecular formula is C18H17F2NO5S. The Labute approximate surface area is 155 Å². The summed E-state index contributed by atoms with van der Waals surface area (Å²) in [5.74, 6) is -3.61. The predicted molar refractivity (Wildman–Crippen MR) is 94.1 cm³/mol. The van der Waals surface area contributed by atoms with E-state index in [4.69, 9.17) is 4.18 Å². The van der Waals surface area contributed by atoms with E-state index in [1.54, 1.807) is 0 Å². The maximum absolute atomic E-state index is 13.5. The van der Waals surface area contributed by atoms with Crippen LogP contribution in [0.3, 0.4) is 0 Å². The highest BCUT2D eigenvalue weighted by Gasteiger charge is 2.19. The lowest BCUT2D eigenvalue weighted by molar-refractivity contribution is 0.0898. The normalized spacial score (nSPS) is 11.3. The second kappa shape index (κ2) is 8.26. The van der Waals surface area contributed by atoms with E-state index in [0.29, 0.717) is 0 Å². The van der Waals surface area contributed by atoms with Crippen LogP contribution in [0, 0.1) is 11.6 Å². The van der Waals surface area contributed by atoms with Gasteiger partial charge < -0.3 is 9.50 Å². The molecule has 0 aliphatic rings. The second-order valence-electron chi connectivity index (χ2n) is 5.85. The molecule has 0 heterocycles. The highest BCUT2D eigenvalue weighted by molar-refractivity contribution is 7.87. The Morgan fingerprint density at radius 1 is 1.04 bits per heavy atom. The summed E-state index contributed by atoms with van der Waals surface area (Å²) in [6.07, 6.45) is 0. The number of nitrogens with one attached hydrogen (secondary N) is 1. The second-order valence-corrected chi connectivity index (χ2v) is 7.95. The summed E-state index contributed by atoms with van der Waals surface area (Å²) >= 11 is 0. The van der Waals surface area contributed by atoms with Crippen LogP contribution in [0.25, 0.3) is 0 Å². The molecule has 0 bridgehead atoms. The van der Waals surface area contributed by atoms with Gasteiger partial charge in [-0.25, -0.2) is 8.78 Å². The summed E-state index contributed by atoms with van der Waals surface area (Å²) in [6, 6.07) is 8.23. The fourth-order valence-corrected chi connectivity index (χ4v) is 2.56. The van der Waals surface area contributed by atoms with Gasteiger partial charge in [0.05, 0.1) is 11.8 Å². The highest BCUT2D eigenvalue weighted by atomic mass is 32.2. The predicted octanol–water partition coefficient (Wildman–Crippen LogP) is 2.69. The smallest absolute Gasteiger partial charge is 0.311 e. The molecule has 2 aromatic rings. The van der Waals surface area contributed by atoms with Crippen LogP contribution in [0.15, 0.2) is 42.5 Å². The van der Waals surface area contributed by atoms with Gasteiger partial charge in [-0.3, -0.25) is 9.59 Å². The molecule has 1 amide bonds. The number of halogens is 2. The lowest BCUT2D eigenvalue weighted by atomic mass is 10.1. The number of Topliss-reactive ketones (excluding diaryl/α,β-unsaturated/α-hetero) is 1. The molecule has 0 aliphatic carbocycles. The molecule has 0 unspecified atom stereocenters. The quantitative estimate of drug-likeness (QED) is 0.573. The molecule has 0 radical (unpaired) electrons. The van der Waals surface area contributed by atoms with Crippen LogP contribution in [0.1, 0.15) is 34.6 Å². The Morgan fingerprint density at radius 2 is 1.59 bits per heavy atom. The number of ketones is 1. The van der Waals surface area contributed by atoms with Crippen LogP contribution in [-0.4, -0.2) is 31.9 Å². The third kappa shape index (κ3) is 5.10. The first-order valence-electron chi connectivity index (χ1n) is 7.90. The van der Waals surface area contributed by atoms with Crippen molar-refractivity contribution >= 4 is 21.8 Å². The zero-order valence-electron chi connectivity index (χ0n) is 14.5. The van der Waals surface area contributed by atoms with E-state index in [2.05, 4.69) is 5.32 Å². The lowest BCUT2D eigenvalue weighted by Crippen LogP contribution is -2.31. The number of carbonyl (C=O) groups is 2. The van der Waals surface area contributed by atoms with Gasteiger partial charge in [-0.2, -0.15) is 8.42 Å². The molecule has 144 valence electrons. The molecular weight excluding hydrogens is 380 g/mol. The van der Waals surface area contributed by atoms with Crippen molar-refractivity contribution in [3.63, 3.8) is 0 Å². The number of rotatable bonds is 7. The molecule has 0 saturated heterocycles. The van der Waals surface area contributed by atoms with E-state index >= 15 is 0 Å². The first-order chi connectivity index (χ1) is 12.6. The summed E-state index contributed by atoms with van der Waals surface area (Å²) in [5.41, 5.74) is -0.605. The maximum atomic E-state index is 13.5. The van der Waals surface area contributed by atoms with Crippen molar-refractivity contribution in [3.05, 3.63) is 65.2 Å². The Balaban J connectivity index is 2.01. The van der Waals surface area contributed by atoms with E-state index in [1.807, 2.05) is 0 Å². The summed E-state index contributed by atoms with van der Waals surface area (Å²) < 4.78 is 55.3. The molecule has 0 spiro atoms. The molecule has 6 nitrogen and oxygen atoms in total. The Morgan fingerprint density at radius 3 is 2.11 bits per heavy atom. The first-order valence-corrected chi connectivity index (χ1v) is 9.37. The zero-order valence-corrected chi connectivity index (χ0v) is 15.3. The van der Waals surface area contributed by atoms with Crippen molar-refractivity contribution in [2.45, 2.75) is 19.1 Å². The standard InChI is InChI=1S/C18H17F2NO5S/c1-11(2)27(24,25)26-13-8-6-12(7-9-13)16(22)10-21-18(23)17-14(19)4-3-5-15(17)20/h3-9,11H,10H2,1-2H3,(H,21,23). The van der Waals surface area contributed by atoms with Gasteiger partial charge in [0.2, 0.25) is 0 Å². The van der Waals surface area contributed by atoms with Crippen LogP contribution in [0.2, 0.25) is 0 Å². The summed E-state index contributed by atoms with van der Waals surface area (Å²) in [6.45, 7) is 2.44. The fourth-order valence-electron chi connectivity index (χ4n) is 1.99. The molecule has 0 fully saturated rings. The van der Waals surface area contributed by atoms with Crippen molar-refractivity contribution in [3.8, 4) is 5.75 Å². The molecule has 1 N–H and O–H groups in total. The van der Waals surface area contributed by atoms with Gasteiger partial charge in [0.25, 0.3) is 5.91 Å². The molecule has 2 rings (SSSR count). The van der Waals surface area contributed by atoms with Gasteiger partial charge in [0.1, 0.15) is 22.9 Å². The number of hydrogen-bond donors (Lipinski definition) is 1. The largest absolute Gasteiger partial charge is 0.382 e. The average molecular weight is 397 g/mol. The first kappa shape index (κ1) is 20.5. The van der Waals surface area contributed by atoms with Crippen LogP contribution < -0.4 is 9.50 Å². The minimum Gasteiger partial charge on any atom is -0.382 e. The third-order valence-electron chi connectivity index (χ3n) is 3.57. The van der Waals surface area contributed by atoms with E-state index in [-0.39, 0.29) is 11.3 Å². The molecule has 2 aromatic carbocycles. The minimum atomic E-state index is -3.76. The Bertz CT molecular complexity index is 936. The van der Waals surface area contributed by atoms with E-state index in [0.717, 1.165) is 18.2 Å². The molecule has 9 heteroatoms. The number of carbonyl (C=O) groups excluding carboxylic acids is 2. The monoisotopic (exact) mass is 397 g/mol. The Hall–Kier alpha value is -2.81. The average Bonchev–Trinajstić information content (AvgIpc) is 2.59. The summed E-state index contributed by atoms with van der Waals surface area (Å²) in [7, 11) is -3.76. The minimum absolute atomic E-state index is 0.0395. The van der Waals surface area contributed by atoms with Gasteiger partial charge in [-0.05, 0) is 50.2 Å². The molecule has 0 aromatic heterocycles. The number of amides is 1. The van der Waals surface area contributed by atoms with Crippen molar-refractivity contribution in [1.82, 2.24) is 5.32 Å². The highest BCUT2D eigenvalue weighted by Crippen LogP contribution is 2.17. The van der Waals surface area contributed by atoms with E-state index in [9.17, 15) is 26.8 Å². The van der Waals surface area contributed by atoms with Crippen LogP contribution in [0.4, 0.5) is 8.78 Å². The van der Waals surface area contributed by atoms with Gasteiger partial charge >= 0.3 is 10.1 Å². The lowest BCUT2D eigenvalue weighted by Gasteiger charge is -2.10. The number of hydrogen-bond acceptors (Lipinski definition) is 5. The molecule has 27 heavy (non-hydrogen) atoms. The molecule has 0 saturated carbocycles. The van der Waals surface area contributed by atoms with Crippen LogP contribution in [-0.2, 0) is 10.1 Å². The van der Waals surface area contributed by atoms with E-state index < -0.39 is 50.8 Å². The maximum Gasteiger partial charge on any atom is 0.311 e. The molecule has 0 atom stereocenters. The van der Waals surface area contributed by atoms with Crippen molar-refractivity contribution < 1.29 is 31.0 Å². The SMILES string of the molecule is CC(C)S(=O)(=O)Oc1ccc(C(=O)CNC(=O)c2c(F)cccc2F)cc1.